The Morgan fingerprint density at radius 3 is 2.28 bits per heavy atom. The summed E-state index contributed by atoms with van der Waals surface area (Å²) in [5.41, 5.74) is 2.57. The van der Waals surface area contributed by atoms with Crippen molar-refractivity contribution in [3.05, 3.63) is 28.8 Å². The van der Waals surface area contributed by atoms with Crippen molar-refractivity contribution in [1.82, 2.24) is 0 Å². The van der Waals surface area contributed by atoms with Crippen LogP contribution in [-0.4, -0.2) is 8.42 Å². The molecule has 0 saturated heterocycles. The van der Waals surface area contributed by atoms with E-state index in [2.05, 4.69) is 0 Å². The van der Waals surface area contributed by atoms with Crippen molar-refractivity contribution in [2.75, 3.05) is 0 Å². The van der Waals surface area contributed by atoms with Gasteiger partial charge in [-0.1, -0.05) is 0 Å². The Hall–Kier alpha value is -1.30. The molecule has 9 heteroatoms. The van der Waals surface area contributed by atoms with Crippen LogP contribution in [0.2, 0.25) is 0 Å². The predicted octanol–water partition coefficient (Wildman–Crippen LogP) is 1.96. The van der Waals surface area contributed by atoms with Gasteiger partial charge in [-0.05, 0) is 17.7 Å². The molecule has 4 nitrogen and oxygen atoms in total. The highest BCUT2D eigenvalue weighted by Gasteiger charge is 2.37. The van der Waals surface area contributed by atoms with Crippen LogP contribution in [0.25, 0.3) is 0 Å². The Bertz CT molecular complexity index is 620. The zero-order valence-corrected chi connectivity index (χ0v) is 10.2. The molecule has 0 spiro atoms. The average Bonchev–Trinajstić information content (AvgIpc) is 2.24. The second-order valence-corrected chi connectivity index (χ2v) is 5.82. The maximum Gasteiger partial charge on any atom is 0.418 e. The molecule has 2 N–H and O–H groups in total. The molecule has 0 saturated carbocycles. The lowest BCUT2D eigenvalue weighted by atomic mass is 10.0. The number of hydrogen-bond acceptors (Lipinski definition) is 4. The van der Waals surface area contributed by atoms with Gasteiger partial charge in [-0.2, -0.15) is 18.4 Å². The first kappa shape index (κ1) is 14.8. The Morgan fingerprint density at radius 1 is 1.39 bits per heavy atom. The number of nitrogens with two attached hydrogens (primary N) is 1. The molecule has 1 aromatic carbocycles. The standard InChI is InChI=1S/C9H6ClF3N2O2S/c10-18(16,17)7-1-5(3-14)8(9(11,12)13)6(2-7)4-15/h1-2H,3,14H2. The van der Waals surface area contributed by atoms with Gasteiger partial charge in [0.2, 0.25) is 0 Å². The Labute approximate surface area is 105 Å². The summed E-state index contributed by atoms with van der Waals surface area (Å²) < 4.78 is 60.3. The molecule has 0 heterocycles. The van der Waals surface area contributed by atoms with E-state index in [4.69, 9.17) is 21.7 Å². The number of halogens is 4. The van der Waals surface area contributed by atoms with E-state index in [9.17, 15) is 21.6 Å². The highest BCUT2D eigenvalue weighted by atomic mass is 35.7. The maximum atomic E-state index is 12.7. The second-order valence-electron chi connectivity index (χ2n) is 3.26. The quantitative estimate of drug-likeness (QED) is 0.846. The largest absolute Gasteiger partial charge is 0.418 e. The lowest BCUT2D eigenvalue weighted by Gasteiger charge is -2.14. The summed E-state index contributed by atoms with van der Waals surface area (Å²) in [7, 11) is 0.792. The first-order valence-electron chi connectivity index (χ1n) is 4.40. The van der Waals surface area contributed by atoms with E-state index < -0.39 is 43.4 Å². The van der Waals surface area contributed by atoms with E-state index in [1.54, 1.807) is 0 Å². The van der Waals surface area contributed by atoms with Gasteiger partial charge in [-0.25, -0.2) is 8.42 Å². The van der Waals surface area contributed by atoms with Crippen LogP contribution < -0.4 is 5.73 Å². The van der Waals surface area contributed by atoms with Crippen LogP contribution in [0.3, 0.4) is 0 Å². The van der Waals surface area contributed by atoms with E-state index in [-0.39, 0.29) is 0 Å². The highest BCUT2D eigenvalue weighted by Crippen LogP contribution is 2.36. The van der Waals surface area contributed by atoms with E-state index >= 15 is 0 Å². The monoisotopic (exact) mass is 298 g/mol. The third kappa shape index (κ3) is 2.93. The molecule has 18 heavy (non-hydrogen) atoms. The number of nitrogens with zero attached hydrogens (tertiary/aromatic N) is 1. The van der Waals surface area contributed by atoms with Crippen LogP contribution in [-0.2, 0) is 21.8 Å². The first-order chi connectivity index (χ1) is 8.11. The lowest BCUT2D eigenvalue weighted by molar-refractivity contribution is -0.138. The third-order valence-corrected chi connectivity index (χ3v) is 3.43. The fourth-order valence-corrected chi connectivity index (χ4v) is 2.21. The van der Waals surface area contributed by atoms with Gasteiger partial charge in [0.1, 0.15) is 0 Å². The SMILES string of the molecule is N#Cc1cc(S(=O)(=O)Cl)cc(CN)c1C(F)(F)F. The first-order valence-corrected chi connectivity index (χ1v) is 6.71. The smallest absolute Gasteiger partial charge is 0.326 e. The van der Waals surface area contributed by atoms with Crippen LogP contribution in [0.1, 0.15) is 16.7 Å². The highest BCUT2D eigenvalue weighted by molar-refractivity contribution is 8.13. The minimum atomic E-state index is -4.80. The van der Waals surface area contributed by atoms with Crippen LogP contribution in [0.4, 0.5) is 13.2 Å². The van der Waals surface area contributed by atoms with E-state index in [1.165, 1.54) is 6.07 Å². The van der Waals surface area contributed by atoms with E-state index in [0.717, 1.165) is 0 Å². The van der Waals surface area contributed by atoms with E-state index in [1.807, 2.05) is 0 Å². The van der Waals surface area contributed by atoms with Crippen molar-refractivity contribution >= 4 is 19.7 Å². The fraction of sp³-hybridized carbons (Fsp3) is 0.222. The zero-order valence-electron chi connectivity index (χ0n) is 8.62. The lowest BCUT2D eigenvalue weighted by Crippen LogP contribution is -2.15. The minimum Gasteiger partial charge on any atom is -0.326 e. The van der Waals surface area contributed by atoms with Crippen molar-refractivity contribution < 1.29 is 21.6 Å². The van der Waals surface area contributed by atoms with Crippen molar-refractivity contribution in [1.29, 1.82) is 5.26 Å². The summed E-state index contributed by atoms with van der Waals surface area (Å²) in [5, 5.41) is 8.66. The fourth-order valence-electron chi connectivity index (χ4n) is 1.40. The summed E-state index contributed by atoms with van der Waals surface area (Å²) in [6, 6.07) is 2.58. The Morgan fingerprint density at radius 2 is 1.94 bits per heavy atom. The number of nitriles is 1. The van der Waals surface area contributed by atoms with Gasteiger partial charge < -0.3 is 5.73 Å². The molecule has 0 radical (unpaired) electrons. The molecule has 0 aliphatic rings. The average molecular weight is 299 g/mol. The van der Waals surface area contributed by atoms with Crippen LogP contribution in [0.5, 0.6) is 0 Å². The molecule has 0 aliphatic heterocycles. The Kier molecular flexibility index (Phi) is 3.90. The van der Waals surface area contributed by atoms with Crippen molar-refractivity contribution in [2.45, 2.75) is 17.6 Å². The van der Waals surface area contributed by atoms with Crippen LogP contribution in [0, 0.1) is 11.3 Å². The molecule has 0 aromatic heterocycles. The molecule has 0 aliphatic carbocycles. The number of hydrogen-bond donors (Lipinski definition) is 1. The van der Waals surface area contributed by atoms with Gasteiger partial charge in [-0.15, -0.1) is 0 Å². The van der Waals surface area contributed by atoms with Crippen LogP contribution >= 0.6 is 10.7 Å². The summed E-state index contributed by atoms with van der Waals surface area (Å²) in [4.78, 5) is -0.589. The topological polar surface area (TPSA) is 84.0 Å². The molecule has 0 fully saturated rings. The van der Waals surface area contributed by atoms with Gasteiger partial charge in [0.25, 0.3) is 9.05 Å². The summed E-state index contributed by atoms with van der Waals surface area (Å²) in [6.07, 6.45) is -4.80. The summed E-state index contributed by atoms with van der Waals surface area (Å²) >= 11 is 0. The van der Waals surface area contributed by atoms with Crippen LogP contribution in [0.15, 0.2) is 17.0 Å². The molecule has 0 amide bonds. The van der Waals surface area contributed by atoms with Gasteiger partial charge in [0.05, 0.1) is 22.1 Å². The number of benzene rings is 1. The minimum absolute atomic E-state index is 0.499. The second kappa shape index (κ2) is 4.76. The molecule has 1 aromatic rings. The number of alkyl halides is 3. The molecular weight excluding hydrogens is 293 g/mol. The van der Waals surface area contributed by atoms with Crippen molar-refractivity contribution in [2.24, 2.45) is 5.73 Å². The maximum absolute atomic E-state index is 12.7. The van der Waals surface area contributed by atoms with E-state index in [0.29, 0.717) is 12.1 Å². The summed E-state index contributed by atoms with van der Waals surface area (Å²) in [6.45, 7) is -0.566. The molecule has 0 atom stereocenters. The molecular formula is C9H6ClF3N2O2S. The Balaban J connectivity index is 3.72. The van der Waals surface area contributed by atoms with Gasteiger partial charge >= 0.3 is 6.18 Å². The molecule has 0 bridgehead atoms. The predicted molar refractivity (Wildman–Crippen MR) is 57.1 cm³/mol. The molecule has 1 rings (SSSR count). The molecule has 0 unspecified atom stereocenters. The zero-order chi connectivity index (χ0) is 14.1. The molecule has 98 valence electrons. The number of rotatable bonds is 2. The summed E-state index contributed by atoms with van der Waals surface area (Å²) in [5.74, 6) is 0. The van der Waals surface area contributed by atoms with Crippen molar-refractivity contribution in [3.63, 3.8) is 0 Å². The third-order valence-electron chi connectivity index (χ3n) is 2.10. The normalized spacial score (nSPS) is 12.2. The van der Waals surface area contributed by atoms with Gasteiger partial charge in [0.15, 0.2) is 0 Å². The van der Waals surface area contributed by atoms with Gasteiger partial charge in [-0.3, -0.25) is 0 Å². The van der Waals surface area contributed by atoms with Crippen molar-refractivity contribution in [3.8, 4) is 6.07 Å². The van der Waals surface area contributed by atoms with Gasteiger partial charge in [0, 0.05) is 17.2 Å².